The molecule has 24 rings (SSSR count). The van der Waals surface area contributed by atoms with Crippen molar-refractivity contribution < 1.29 is 90.8 Å². The fourth-order valence-corrected chi connectivity index (χ4v) is 20.9. The molecule has 12 heteroatoms. The highest BCUT2D eigenvalue weighted by molar-refractivity contribution is 6.17. The average Bonchev–Trinajstić information content (AvgIpc) is 1.47. The van der Waals surface area contributed by atoms with Crippen LogP contribution in [0.25, 0.3) is 177 Å². The molecule has 680 valence electrons. The van der Waals surface area contributed by atoms with Gasteiger partial charge in [-0.2, -0.15) is 0 Å². The number of rotatable bonds is 8. The summed E-state index contributed by atoms with van der Waals surface area (Å²) < 4.78 is 370. The van der Waals surface area contributed by atoms with Gasteiger partial charge in [-0.05, 0) is 218 Å². The van der Waals surface area contributed by atoms with Crippen molar-refractivity contribution >= 4 is 87.9 Å². The van der Waals surface area contributed by atoms with Crippen LogP contribution in [0.1, 0.15) is 300 Å². The van der Waals surface area contributed by atoms with Crippen LogP contribution in [0, 0.1) is 55.1 Å². The maximum atomic E-state index is 8.74. The highest BCUT2D eigenvalue weighted by Gasteiger charge is 2.45. The lowest BCUT2D eigenvalue weighted by Crippen LogP contribution is -2.32. The summed E-state index contributed by atoms with van der Waals surface area (Å²) >= 11 is 0. The van der Waals surface area contributed by atoms with E-state index in [0.717, 1.165) is 22.3 Å². The van der Waals surface area contributed by atoms with E-state index >= 15 is 0 Å². The Balaban J connectivity index is 0.000000132. The van der Waals surface area contributed by atoms with E-state index in [-0.39, 0.29) is 78.3 Å². The average molecular weight is 1830 g/mol. The Kier molecular flexibility index (Phi) is 12.7. The van der Waals surface area contributed by atoms with E-state index in [9.17, 15) is 0 Å². The Morgan fingerprint density at radius 1 is 0.287 bits per heavy atom. The molecule has 0 spiro atoms. The van der Waals surface area contributed by atoms with Gasteiger partial charge in [0.05, 0.1) is 39.3 Å². The number of furan rings is 4. The quantitative estimate of drug-likeness (QED) is 0.138. The van der Waals surface area contributed by atoms with Crippen LogP contribution in [-0.2, 0) is 49.9 Å². The normalized spacial score (nSPS) is 20.0. The fourth-order valence-electron chi connectivity index (χ4n) is 20.9. The van der Waals surface area contributed by atoms with Gasteiger partial charge in [-0.1, -0.05) is 206 Å². The zero-order valence-electron chi connectivity index (χ0n) is 118. The number of hydrogen-bond donors (Lipinski definition) is 0. The van der Waals surface area contributed by atoms with Gasteiger partial charge in [0.2, 0.25) is 22.8 Å². The maximum absolute atomic E-state index is 8.74. The van der Waals surface area contributed by atoms with Crippen molar-refractivity contribution in [3.05, 3.63) is 331 Å². The summed E-state index contributed by atoms with van der Waals surface area (Å²) in [6.07, 6.45) is 11.8. The van der Waals surface area contributed by atoms with Crippen molar-refractivity contribution in [2.75, 3.05) is 0 Å². The van der Waals surface area contributed by atoms with Gasteiger partial charge >= 0.3 is 0 Å². The van der Waals surface area contributed by atoms with Crippen LogP contribution in [0.2, 0.25) is 0 Å². The molecule has 20 aromatic rings. The van der Waals surface area contributed by atoms with E-state index in [2.05, 4.69) is 19.9 Å². The number of fused-ring (bicyclic) bond motifs is 27. The van der Waals surface area contributed by atoms with E-state index in [4.69, 9.17) is 72.5 Å². The van der Waals surface area contributed by atoms with Gasteiger partial charge in [0.15, 0.2) is 36.0 Å². The van der Waals surface area contributed by atoms with Crippen LogP contribution in [0.5, 0.6) is 0 Å². The van der Waals surface area contributed by atoms with Gasteiger partial charge in [0.25, 0.3) is 0 Å². The van der Waals surface area contributed by atoms with Gasteiger partial charge in [-0.25, -0.2) is 18.3 Å². The molecule has 0 fully saturated rings. The van der Waals surface area contributed by atoms with Crippen LogP contribution in [0.3, 0.4) is 0 Å². The van der Waals surface area contributed by atoms with Crippen molar-refractivity contribution in [3.8, 4) is 89.5 Å². The number of aromatic nitrogens is 8. The summed E-state index contributed by atoms with van der Waals surface area (Å²) in [6.45, 7) is -12.7. The summed E-state index contributed by atoms with van der Waals surface area (Å²) in [5.74, 6) is -4.88. The maximum Gasteiger partial charge on any atom is 0.216 e. The third-order valence-corrected chi connectivity index (χ3v) is 27.7. The predicted molar refractivity (Wildman–Crippen MR) is 557 cm³/mol. The Morgan fingerprint density at radius 2 is 0.669 bits per heavy atom. The molecule has 12 aromatic heterocycles. The summed E-state index contributed by atoms with van der Waals surface area (Å²) in [4.78, 5) is 17.9. The van der Waals surface area contributed by atoms with Gasteiger partial charge in [-0.3, -0.25) is 19.9 Å². The molecule has 0 saturated carbocycles. The third kappa shape index (κ3) is 13.4. The molecule has 0 N–H and O–H groups in total. The zero-order chi connectivity index (χ0) is 129. The summed E-state index contributed by atoms with van der Waals surface area (Å²) in [7, 11) is 6.94. The molecule has 8 aromatic carbocycles. The topological polar surface area (TPSA) is 120 Å². The molecule has 0 atom stereocenters. The molecule has 0 aliphatic heterocycles. The van der Waals surface area contributed by atoms with Crippen molar-refractivity contribution in [3.63, 3.8) is 0 Å². The SMILES string of the molecule is [2H]C([2H])([2H])c1c[n+](C)c(-c2c(C)ccc3c2oc2c4c(ccc23)-c2cccnc2C4(C([2H])([2H])[2H])C([2H])([2H])[2H])cc1C([2H])(C)C.[2H]C([2H])([2H])c1c[n+](C)c(-c2c(C)ccc3c2oc2c4c(cnc23)C(C([2H])([2H])[2H])(C([2H])([2H])[2H])c2ccccc2-4)cc1C([2H])(C)C.[2H]C([2H])([2H])c1c[n+](C)c(-c2c(C)ccc3c2oc2c4c(ncc23)C(C([2H])([2H])[2H])(C([2H])([2H])[2H])c2ccccc2-4)cc1C([2H])(C)C.[2H]C([2H])([2H])c1c[n+](C)c(-c2c(C)ccc3c2oc2cc4c(cc23)C(C([2H])([2H])[2H])(C([2H])([2H])[2H])c2ncccc2-4)cc1C([2H])(C)C. The van der Waals surface area contributed by atoms with Gasteiger partial charge in [0, 0.05) is 213 Å². The second-order valence-electron chi connectivity index (χ2n) is 37.4. The second-order valence-corrected chi connectivity index (χ2v) is 37.4. The lowest BCUT2D eigenvalue weighted by molar-refractivity contribution is -0.660. The molecule has 12 heterocycles. The van der Waals surface area contributed by atoms with E-state index in [1.807, 2.05) is 76.2 Å². The van der Waals surface area contributed by atoms with Crippen molar-refractivity contribution in [2.24, 2.45) is 28.2 Å². The highest BCUT2D eigenvalue weighted by atomic mass is 16.3. The molecule has 4 aliphatic rings. The van der Waals surface area contributed by atoms with Crippen LogP contribution in [-0.4, -0.2) is 19.9 Å². The largest absolute Gasteiger partial charge is 0.455 e. The summed E-state index contributed by atoms with van der Waals surface area (Å²) in [6, 6.07) is 48.6. The molecule has 4 aliphatic carbocycles. The van der Waals surface area contributed by atoms with Crippen LogP contribution in [0.4, 0.5) is 0 Å². The molecule has 0 radical (unpaired) electrons. The first-order valence-electron chi connectivity index (χ1n) is 64.8. The van der Waals surface area contributed by atoms with E-state index in [1.165, 1.54) is 55.6 Å². The Morgan fingerprint density at radius 3 is 1.15 bits per heavy atom. The van der Waals surface area contributed by atoms with Gasteiger partial charge in [-0.15, -0.1) is 0 Å². The number of pyridine rings is 8. The molecule has 12 nitrogen and oxygen atoms in total. The van der Waals surface area contributed by atoms with Crippen LogP contribution in [0.15, 0.2) is 237 Å². The van der Waals surface area contributed by atoms with Crippen molar-refractivity contribution in [2.45, 2.75) is 211 Å². The van der Waals surface area contributed by atoms with E-state index in [0.29, 0.717) is 189 Å². The van der Waals surface area contributed by atoms with Crippen LogP contribution >= 0.6 is 0 Å². The lowest BCUT2D eigenvalue weighted by Gasteiger charge is -2.20. The molecule has 0 bridgehead atoms. The van der Waals surface area contributed by atoms with Gasteiger partial charge < -0.3 is 17.7 Å². The minimum absolute atomic E-state index is 0.00426. The highest BCUT2D eigenvalue weighted by Crippen LogP contribution is 2.58. The summed E-state index contributed by atoms with van der Waals surface area (Å²) in [5, 5.41) is 4.28. The predicted octanol–water partition coefficient (Wildman–Crippen LogP) is 30.1. The standard InChI is InChI=1S/4C31H31N2O/c1-17(2)24-15-25(33(7)16-19(24)4)26-18(3)10-11-21-22-13-12-20-23-9-8-14-32-30(23)31(5,6)27(20)29(22)34-28(21)26;1-17(2)22-14-26(33(7)16-19(22)4)28-18(3)10-11-20-24-13-25-23(15-27(24)34-29(20)28)21-9-8-12-32-30(21)31(25,5)6;1-17(2)22-14-25(33(7)16-19(22)4)26-18(3)12-13-20-23-15-32-30-27(29(23)34-28(20)26)21-10-8-9-11-24(21)31(30,5)6;1-17(2)22-14-25(33(7)16-19(22)4)26-18(3)12-13-21-28-30(34-29(21)26)27-20-10-8-9-11-23(20)31(5,6)24(27)15-32-28/h4*8-17H,1-7H3/q4*+1/i4*4D3,5D3,6D3,17D. The van der Waals surface area contributed by atoms with E-state index in [1.54, 1.807) is 217 Å². The Hall–Kier alpha value is -13.8. The van der Waals surface area contributed by atoms with Gasteiger partial charge in [0.1, 0.15) is 67.2 Å². The van der Waals surface area contributed by atoms with Crippen LogP contribution < -0.4 is 18.3 Å². The Bertz CT molecular complexity index is 9920. The first-order valence-corrected chi connectivity index (χ1v) is 44.8. The van der Waals surface area contributed by atoms with E-state index < -0.39 is 127 Å². The number of aryl methyl sites for hydroxylation is 12. The number of nitrogens with zero attached hydrogens (tertiary/aromatic N) is 8. The number of benzene rings is 8. The monoisotopic (exact) mass is 1830 g/mol. The molecule has 136 heavy (non-hydrogen) atoms. The molecule has 0 unspecified atom stereocenters. The second kappa shape index (κ2) is 31.9. The fraction of sp³-hybridized carbons (Fsp3) is 0.290. The number of hydrogen-bond acceptors (Lipinski definition) is 8. The Labute approximate surface area is 855 Å². The minimum atomic E-state index is -3.01. The smallest absolute Gasteiger partial charge is 0.216 e. The molecule has 0 amide bonds. The zero-order valence-corrected chi connectivity index (χ0v) is 78.0. The minimum Gasteiger partial charge on any atom is -0.455 e. The molecular formula is C124H124N8O4+4. The summed E-state index contributed by atoms with van der Waals surface area (Å²) in [5.41, 5.74) is 7.92. The van der Waals surface area contributed by atoms with Crippen molar-refractivity contribution in [1.82, 2.24) is 19.9 Å². The molecule has 0 saturated heterocycles. The first kappa shape index (κ1) is 54.0. The third-order valence-electron chi connectivity index (χ3n) is 27.7. The van der Waals surface area contributed by atoms with Crippen molar-refractivity contribution in [1.29, 1.82) is 0 Å². The first-order chi connectivity index (χ1) is 80.8. The molecular weight excluding hydrogens is 1670 g/mol. The lowest BCUT2D eigenvalue weighted by atomic mass is 9.83.